The molecule has 1 aromatic heterocycles. The molecule has 0 aliphatic heterocycles. The molecule has 0 radical (unpaired) electrons. The van der Waals surface area contributed by atoms with E-state index in [9.17, 15) is 9.59 Å². The molecule has 6 heteroatoms. The molecule has 6 nitrogen and oxygen atoms in total. The lowest BCUT2D eigenvalue weighted by Crippen LogP contribution is -2.21. The minimum Gasteiger partial charge on any atom is -0.452 e. The van der Waals surface area contributed by atoms with Crippen LogP contribution >= 0.6 is 0 Å². The van der Waals surface area contributed by atoms with Crippen molar-refractivity contribution in [1.82, 2.24) is 5.16 Å². The van der Waals surface area contributed by atoms with E-state index in [1.807, 2.05) is 12.1 Å². The molecule has 0 spiro atoms. The van der Waals surface area contributed by atoms with Crippen LogP contribution in [0.5, 0.6) is 0 Å². The number of nitrogens with zero attached hydrogens (tertiary/aromatic N) is 1. The first-order valence-corrected chi connectivity index (χ1v) is 7.64. The Labute approximate surface area is 133 Å². The van der Waals surface area contributed by atoms with Crippen molar-refractivity contribution in [2.45, 2.75) is 32.6 Å². The minimum absolute atomic E-state index is 0.303. The van der Waals surface area contributed by atoms with E-state index in [-0.39, 0.29) is 6.61 Å². The van der Waals surface area contributed by atoms with Crippen molar-refractivity contribution in [3.05, 3.63) is 46.7 Å². The monoisotopic (exact) mass is 314 g/mol. The van der Waals surface area contributed by atoms with Crippen molar-refractivity contribution in [1.29, 1.82) is 0 Å². The summed E-state index contributed by atoms with van der Waals surface area (Å²) in [5, 5.41) is 6.14. The number of ether oxygens (including phenoxy) is 1. The molecule has 1 aliphatic carbocycles. The van der Waals surface area contributed by atoms with Gasteiger partial charge in [0.25, 0.3) is 5.91 Å². The van der Waals surface area contributed by atoms with Gasteiger partial charge in [-0.25, -0.2) is 4.79 Å². The Morgan fingerprint density at radius 3 is 2.74 bits per heavy atom. The van der Waals surface area contributed by atoms with Gasteiger partial charge in [0.05, 0.1) is 5.56 Å². The highest BCUT2D eigenvalue weighted by Crippen LogP contribution is 2.22. The number of hydrogen-bond acceptors (Lipinski definition) is 5. The number of esters is 1. The van der Waals surface area contributed by atoms with Gasteiger partial charge in [-0.1, -0.05) is 11.2 Å². The number of nitrogens with one attached hydrogen (secondary N) is 1. The molecular formula is C17H18N2O4. The summed E-state index contributed by atoms with van der Waals surface area (Å²) < 4.78 is 9.89. The third-order valence-electron chi connectivity index (χ3n) is 3.81. The number of rotatable bonds is 4. The molecule has 1 N–H and O–H groups in total. The van der Waals surface area contributed by atoms with Gasteiger partial charge in [0.15, 0.2) is 12.4 Å². The van der Waals surface area contributed by atoms with Crippen molar-refractivity contribution in [3.8, 4) is 0 Å². The van der Waals surface area contributed by atoms with E-state index in [4.69, 9.17) is 9.26 Å². The third-order valence-corrected chi connectivity index (χ3v) is 3.81. The zero-order valence-corrected chi connectivity index (χ0v) is 12.9. The van der Waals surface area contributed by atoms with Crippen LogP contribution in [0.3, 0.4) is 0 Å². The maximum Gasteiger partial charge on any atom is 0.338 e. The molecule has 0 saturated heterocycles. The SMILES string of the molecule is Cc1cc(NC(=O)COC(=O)c2ccc3c(c2)CCCC3)no1. The van der Waals surface area contributed by atoms with E-state index in [2.05, 4.69) is 10.5 Å². The van der Waals surface area contributed by atoms with Gasteiger partial charge in [0, 0.05) is 6.07 Å². The second-order valence-corrected chi connectivity index (χ2v) is 5.64. The number of hydrogen-bond donors (Lipinski definition) is 1. The largest absolute Gasteiger partial charge is 0.452 e. The van der Waals surface area contributed by atoms with Crippen LogP contribution in [-0.2, 0) is 22.4 Å². The number of carbonyl (C=O) groups is 2. The molecule has 1 heterocycles. The molecule has 23 heavy (non-hydrogen) atoms. The van der Waals surface area contributed by atoms with Gasteiger partial charge in [-0.3, -0.25) is 4.79 Å². The molecule has 120 valence electrons. The van der Waals surface area contributed by atoms with E-state index >= 15 is 0 Å². The van der Waals surface area contributed by atoms with Crippen molar-refractivity contribution >= 4 is 17.7 Å². The molecule has 3 rings (SSSR count). The van der Waals surface area contributed by atoms with Crippen LogP contribution in [0.25, 0.3) is 0 Å². The fraction of sp³-hybridized carbons (Fsp3) is 0.353. The van der Waals surface area contributed by atoms with Gasteiger partial charge in [-0.2, -0.15) is 0 Å². The summed E-state index contributed by atoms with van der Waals surface area (Å²) in [7, 11) is 0. The second kappa shape index (κ2) is 6.64. The lowest BCUT2D eigenvalue weighted by Gasteiger charge is -2.16. The first kappa shape index (κ1) is 15.3. The van der Waals surface area contributed by atoms with Gasteiger partial charge in [0.1, 0.15) is 5.76 Å². The molecule has 1 aromatic carbocycles. The number of aromatic nitrogens is 1. The number of fused-ring (bicyclic) bond motifs is 1. The highest BCUT2D eigenvalue weighted by atomic mass is 16.5. The van der Waals surface area contributed by atoms with E-state index in [0.29, 0.717) is 17.1 Å². The number of benzene rings is 1. The van der Waals surface area contributed by atoms with E-state index in [0.717, 1.165) is 19.3 Å². The maximum atomic E-state index is 12.1. The molecule has 0 unspecified atom stereocenters. The lowest BCUT2D eigenvalue weighted by molar-refractivity contribution is -0.119. The van der Waals surface area contributed by atoms with Crippen molar-refractivity contribution in [2.75, 3.05) is 11.9 Å². The summed E-state index contributed by atoms with van der Waals surface area (Å²) in [6, 6.07) is 7.19. The minimum atomic E-state index is -0.496. The summed E-state index contributed by atoms with van der Waals surface area (Å²) in [5.41, 5.74) is 2.98. The predicted molar refractivity (Wildman–Crippen MR) is 83.2 cm³/mol. The van der Waals surface area contributed by atoms with Gasteiger partial charge in [0.2, 0.25) is 0 Å². The van der Waals surface area contributed by atoms with E-state index in [1.54, 1.807) is 19.1 Å². The molecule has 0 bridgehead atoms. The van der Waals surface area contributed by atoms with Crippen molar-refractivity contribution in [2.24, 2.45) is 0 Å². The van der Waals surface area contributed by atoms with Gasteiger partial charge in [-0.05, 0) is 55.9 Å². The summed E-state index contributed by atoms with van der Waals surface area (Å²) >= 11 is 0. The Balaban J connectivity index is 1.55. The summed E-state index contributed by atoms with van der Waals surface area (Å²) in [6.07, 6.45) is 4.39. The summed E-state index contributed by atoms with van der Waals surface area (Å²) in [6.45, 7) is 1.36. The Kier molecular flexibility index (Phi) is 4.41. The summed E-state index contributed by atoms with van der Waals surface area (Å²) in [5.74, 6) is -0.0573. The number of amides is 1. The molecule has 2 aromatic rings. The van der Waals surface area contributed by atoms with Crippen LogP contribution in [0, 0.1) is 6.92 Å². The Morgan fingerprint density at radius 1 is 1.22 bits per heavy atom. The van der Waals surface area contributed by atoms with Crippen LogP contribution < -0.4 is 5.32 Å². The van der Waals surface area contributed by atoms with Crippen LogP contribution in [-0.4, -0.2) is 23.6 Å². The Hall–Kier alpha value is -2.63. The lowest BCUT2D eigenvalue weighted by atomic mass is 9.90. The van der Waals surface area contributed by atoms with Gasteiger partial charge in [-0.15, -0.1) is 0 Å². The first-order chi connectivity index (χ1) is 11.1. The topological polar surface area (TPSA) is 81.4 Å². The third kappa shape index (κ3) is 3.77. The molecular weight excluding hydrogens is 296 g/mol. The number of anilines is 1. The molecule has 0 saturated carbocycles. The molecule has 0 fully saturated rings. The van der Waals surface area contributed by atoms with Crippen molar-refractivity contribution in [3.63, 3.8) is 0 Å². The normalized spacial score (nSPS) is 13.3. The zero-order valence-electron chi connectivity index (χ0n) is 12.9. The highest BCUT2D eigenvalue weighted by Gasteiger charge is 2.15. The smallest absolute Gasteiger partial charge is 0.338 e. The number of carbonyl (C=O) groups excluding carboxylic acids is 2. The fourth-order valence-corrected chi connectivity index (χ4v) is 2.68. The number of aryl methyl sites for hydroxylation is 3. The molecule has 1 amide bonds. The van der Waals surface area contributed by atoms with Crippen LogP contribution in [0.15, 0.2) is 28.8 Å². The predicted octanol–water partition coefficient (Wildman–Crippen LogP) is 2.66. The Bertz CT molecular complexity index is 736. The fourth-order valence-electron chi connectivity index (χ4n) is 2.68. The molecule has 1 aliphatic rings. The molecule has 0 atom stereocenters. The van der Waals surface area contributed by atoms with Crippen molar-refractivity contribution < 1.29 is 18.8 Å². The quantitative estimate of drug-likeness (QED) is 0.877. The van der Waals surface area contributed by atoms with Crippen LogP contribution in [0.1, 0.15) is 40.1 Å². The highest BCUT2D eigenvalue weighted by molar-refractivity contribution is 5.95. The van der Waals surface area contributed by atoms with Gasteiger partial charge < -0.3 is 14.6 Å². The second-order valence-electron chi connectivity index (χ2n) is 5.64. The standard InChI is InChI=1S/C17H18N2O4/c1-11-8-15(19-23-11)18-16(20)10-22-17(21)14-7-6-12-4-2-3-5-13(12)9-14/h6-9H,2-5,10H2,1H3,(H,18,19,20). The zero-order chi connectivity index (χ0) is 16.2. The van der Waals surface area contributed by atoms with Gasteiger partial charge >= 0.3 is 5.97 Å². The average Bonchev–Trinajstić information content (AvgIpc) is 2.97. The summed E-state index contributed by atoms with van der Waals surface area (Å²) in [4.78, 5) is 23.8. The average molecular weight is 314 g/mol. The maximum absolute atomic E-state index is 12.1. The van der Waals surface area contributed by atoms with E-state index < -0.39 is 11.9 Å². The van der Waals surface area contributed by atoms with Crippen LogP contribution in [0.4, 0.5) is 5.82 Å². The first-order valence-electron chi connectivity index (χ1n) is 7.64. The Morgan fingerprint density at radius 2 is 2.00 bits per heavy atom. The van der Waals surface area contributed by atoms with Crippen LogP contribution in [0.2, 0.25) is 0 Å². The van der Waals surface area contributed by atoms with E-state index in [1.165, 1.54) is 17.5 Å².